The van der Waals surface area contributed by atoms with Gasteiger partial charge in [0.05, 0.1) is 11.1 Å². The molecule has 3 heterocycles. The highest BCUT2D eigenvalue weighted by Gasteiger charge is 2.29. The Kier molecular flexibility index (Phi) is 5.35. The summed E-state index contributed by atoms with van der Waals surface area (Å²) in [6.45, 7) is 0. The molecular formula is C24H19N5O2S. The van der Waals surface area contributed by atoms with Gasteiger partial charge in [-0.05, 0) is 52.8 Å². The molecule has 0 spiro atoms. The van der Waals surface area contributed by atoms with Gasteiger partial charge in [-0.3, -0.25) is 14.7 Å². The maximum Gasteiger partial charge on any atom is 0.265 e. The van der Waals surface area contributed by atoms with Gasteiger partial charge in [0.1, 0.15) is 11.7 Å². The first-order chi connectivity index (χ1) is 15.7. The summed E-state index contributed by atoms with van der Waals surface area (Å²) in [6.07, 6.45) is 3.93. The topological polar surface area (TPSA) is 99.2 Å². The zero-order chi connectivity index (χ0) is 21.9. The van der Waals surface area contributed by atoms with Crippen LogP contribution in [-0.4, -0.2) is 28.2 Å². The molecule has 4 aromatic rings. The van der Waals surface area contributed by atoms with Gasteiger partial charge in [0, 0.05) is 23.7 Å². The van der Waals surface area contributed by atoms with Gasteiger partial charge in [-0.2, -0.15) is 5.10 Å². The van der Waals surface area contributed by atoms with Gasteiger partial charge in [0.15, 0.2) is 0 Å². The fourth-order valence-electron chi connectivity index (χ4n) is 3.66. The molecule has 32 heavy (non-hydrogen) atoms. The number of carbonyl (C=O) groups is 2. The SMILES string of the molecule is O=C(Nc1cccc(Cc2ccc3c(c2)C(C=Nc2ccn[nH]2)C(=O)N3)c1)c1cccs1. The molecule has 0 saturated carbocycles. The Balaban J connectivity index is 1.34. The zero-order valence-electron chi connectivity index (χ0n) is 16.9. The van der Waals surface area contributed by atoms with E-state index in [-0.39, 0.29) is 11.8 Å². The number of hydrogen-bond acceptors (Lipinski definition) is 5. The highest BCUT2D eigenvalue weighted by atomic mass is 32.1. The molecule has 1 aliphatic heterocycles. The van der Waals surface area contributed by atoms with Crippen LogP contribution in [0.25, 0.3) is 0 Å². The smallest absolute Gasteiger partial charge is 0.265 e. The number of benzene rings is 2. The van der Waals surface area contributed by atoms with E-state index >= 15 is 0 Å². The maximum atomic E-state index is 12.4. The van der Waals surface area contributed by atoms with Crippen LogP contribution in [-0.2, 0) is 11.2 Å². The predicted octanol–water partition coefficient (Wildman–Crippen LogP) is 4.75. The minimum Gasteiger partial charge on any atom is -0.325 e. The van der Waals surface area contributed by atoms with Crippen LogP contribution in [0.4, 0.5) is 17.2 Å². The number of nitrogens with one attached hydrogen (secondary N) is 3. The first-order valence-electron chi connectivity index (χ1n) is 10.1. The lowest BCUT2D eigenvalue weighted by Crippen LogP contribution is -2.12. The maximum absolute atomic E-state index is 12.4. The summed E-state index contributed by atoms with van der Waals surface area (Å²) < 4.78 is 0. The van der Waals surface area contributed by atoms with Gasteiger partial charge in [-0.15, -0.1) is 11.3 Å². The summed E-state index contributed by atoms with van der Waals surface area (Å²) in [6, 6.07) is 19.2. The standard InChI is InChI=1S/C24H19N5O2S/c30-23-19(14-25-22-8-9-26-29-22)18-13-16(6-7-20(18)28-23)11-15-3-1-4-17(12-15)27-24(31)21-5-2-10-32-21/h1-10,12-14,19H,11H2,(H,26,29)(H,27,31)(H,28,30). The lowest BCUT2D eigenvalue weighted by atomic mass is 9.96. The van der Waals surface area contributed by atoms with Crippen LogP contribution >= 0.6 is 11.3 Å². The molecule has 0 aliphatic carbocycles. The number of anilines is 2. The van der Waals surface area contributed by atoms with E-state index in [1.165, 1.54) is 11.3 Å². The van der Waals surface area contributed by atoms with Gasteiger partial charge in [0.25, 0.3) is 5.91 Å². The minimum atomic E-state index is -0.454. The van der Waals surface area contributed by atoms with Crippen LogP contribution in [0.5, 0.6) is 0 Å². The first-order valence-corrected chi connectivity index (χ1v) is 10.9. The second kappa shape index (κ2) is 8.60. The number of aliphatic imine (C=N–C) groups is 1. The normalized spacial score (nSPS) is 15.0. The second-order valence-electron chi connectivity index (χ2n) is 7.42. The van der Waals surface area contributed by atoms with Crippen molar-refractivity contribution < 1.29 is 9.59 Å². The number of fused-ring (bicyclic) bond motifs is 1. The van der Waals surface area contributed by atoms with Crippen molar-refractivity contribution in [3.63, 3.8) is 0 Å². The summed E-state index contributed by atoms with van der Waals surface area (Å²) in [5.74, 6) is -0.0640. The molecule has 0 fully saturated rings. The molecule has 8 heteroatoms. The summed E-state index contributed by atoms with van der Waals surface area (Å²) in [4.78, 5) is 29.8. The van der Waals surface area contributed by atoms with E-state index in [2.05, 4.69) is 25.8 Å². The van der Waals surface area contributed by atoms with Crippen molar-refractivity contribution in [2.45, 2.75) is 12.3 Å². The van der Waals surface area contributed by atoms with Crippen molar-refractivity contribution in [2.24, 2.45) is 4.99 Å². The van der Waals surface area contributed by atoms with Crippen molar-refractivity contribution in [1.29, 1.82) is 0 Å². The largest absolute Gasteiger partial charge is 0.325 e. The number of carbonyl (C=O) groups excluding carboxylic acids is 2. The minimum absolute atomic E-state index is 0.0984. The fraction of sp³-hybridized carbons (Fsp3) is 0.0833. The Morgan fingerprint density at radius 1 is 1.12 bits per heavy atom. The van der Waals surface area contributed by atoms with Gasteiger partial charge in [-0.25, -0.2) is 4.99 Å². The van der Waals surface area contributed by atoms with E-state index in [0.29, 0.717) is 17.1 Å². The summed E-state index contributed by atoms with van der Waals surface area (Å²) in [7, 11) is 0. The molecule has 1 aliphatic rings. The Morgan fingerprint density at radius 3 is 2.84 bits per heavy atom. The Hall–Kier alpha value is -4.04. The van der Waals surface area contributed by atoms with Crippen LogP contribution < -0.4 is 10.6 Å². The molecule has 5 rings (SSSR count). The third-order valence-corrected chi connectivity index (χ3v) is 6.05. The molecule has 1 unspecified atom stereocenters. The number of hydrogen-bond donors (Lipinski definition) is 3. The van der Waals surface area contributed by atoms with Crippen molar-refractivity contribution in [3.8, 4) is 0 Å². The second-order valence-corrected chi connectivity index (χ2v) is 8.36. The van der Waals surface area contributed by atoms with Crippen molar-refractivity contribution in [1.82, 2.24) is 10.2 Å². The monoisotopic (exact) mass is 441 g/mol. The highest BCUT2D eigenvalue weighted by Crippen LogP contribution is 2.33. The van der Waals surface area contributed by atoms with Crippen LogP contribution in [0.3, 0.4) is 0 Å². The number of aromatic amines is 1. The van der Waals surface area contributed by atoms with Crippen molar-refractivity contribution >= 4 is 46.6 Å². The van der Waals surface area contributed by atoms with E-state index in [1.54, 1.807) is 24.5 Å². The van der Waals surface area contributed by atoms with Crippen LogP contribution in [0.2, 0.25) is 0 Å². The quantitative estimate of drug-likeness (QED) is 0.377. The molecule has 2 aromatic heterocycles. The predicted molar refractivity (Wildman–Crippen MR) is 126 cm³/mol. The van der Waals surface area contributed by atoms with Crippen molar-refractivity contribution in [3.05, 3.63) is 93.8 Å². The number of H-pyrrole nitrogens is 1. The molecule has 0 saturated heterocycles. The third kappa shape index (κ3) is 4.21. The zero-order valence-corrected chi connectivity index (χ0v) is 17.7. The van der Waals surface area contributed by atoms with Gasteiger partial charge >= 0.3 is 0 Å². The number of thiophene rings is 1. The van der Waals surface area contributed by atoms with Crippen LogP contribution in [0, 0.1) is 0 Å². The molecule has 3 N–H and O–H groups in total. The van der Waals surface area contributed by atoms with E-state index in [1.807, 2.05) is 53.9 Å². The third-order valence-electron chi connectivity index (χ3n) is 5.18. The van der Waals surface area contributed by atoms with E-state index in [9.17, 15) is 9.59 Å². The van der Waals surface area contributed by atoms with Crippen molar-refractivity contribution in [2.75, 3.05) is 10.6 Å². The average molecular weight is 442 g/mol. The van der Waals surface area contributed by atoms with E-state index in [4.69, 9.17) is 0 Å². The number of amides is 2. The molecular weight excluding hydrogens is 422 g/mol. The Bertz CT molecular complexity index is 1300. The Morgan fingerprint density at radius 2 is 2.03 bits per heavy atom. The average Bonchev–Trinajstić information content (AvgIpc) is 3.54. The summed E-state index contributed by atoms with van der Waals surface area (Å²) >= 11 is 1.41. The van der Waals surface area contributed by atoms with E-state index < -0.39 is 5.92 Å². The van der Waals surface area contributed by atoms with E-state index in [0.717, 1.165) is 28.1 Å². The van der Waals surface area contributed by atoms with Gasteiger partial charge < -0.3 is 10.6 Å². The lowest BCUT2D eigenvalue weighted by molar-refractivity contribution is -0.115. The summed E-state index contributed by atoms with van der Waals surface area (Å²) in [5, 5.41) is 14.4. The lowest BCUT2D eigenvalue weighted by Gasteiger charge is -2.09. The molecule has 2 aromatic carbocycles. The summed E-state index contributed by atoms with van der Waals surface area (Å²) in [5.41, 5.74) is 4.59. The fourth-order valence-corrected chi connectivity index (χ4v) is 4.28. The van der Waals surface area contributed by atoms with Crippen LogP contribution in [0.15, 0.2) is 77.2 Å². The number of nitrogens with zero attached hydrogens (tertiary/aromatic N) is 2. The molecule has 2 amide bonds. The number of aromatic nitrogens is 2. The first kappa shape index (κ1) is 19.9. The number of rotatable bonds is 6. The Labute approximate surface area is 188 Å². The molecule has 158 valence electrons. The molecule has 1 atom stereocenters. The van der Waals surface area contributed by atoms with Gasteiger partial charge in [-0.1, -0.05) is 30.3 Å². The highest BCUT2D eigenvalue weighted by molar-refractivity contribution is 7.12. The molecule has 0 radical (unpaired) electrons. The molecule has 7 nitrogen and oxygen atoms in total. The molecule has 0 bridgehead atoms. The van der Waals surface area contributed by atoms with Crippen LogP contribution in [0.1, 0.15) is 32.3 Å². The van der Waals surface area contributed by atoms with Gasteiger partial charge in [0.2, 0.25) is 5.91 Å².